The number of hydrogen-bond acceptors (Lipinski definition) is 1. The van der Waals surface area contributed by atoms with Gasteiger partial charge in [0.1, 0.15) is 0 Å². The van der Waals surface area contributed by atoms with Gasteiger partial charge in [-0.15, -0.1) is 0 Å². The predicted molar refractivity (Wildman–Crippen MR) is 79.7 cm³/mol. The van der Waals surface area contributed by atoms with Crippen molar-refractivity contribution in [1.29, 1.82) is 0 Å². The number of hydrogen-bond donors (Lipinski definition) is 1. The van der Waals surface area contributed by atoms with Gasteiger partial charge in [-0.1, -0.05) is 33.6 Å². The summed E-state index contributed by atoms with van der Waals surface area (Å²) >= 11 is 4.41. The first kappa shape index (κ1) is 13.8. The normalized spacial score (nSPS) is 36.7. The Morgan fingerprint density at radius 2 is 2.12 bits per heavy atom. The molecule has 2 aliphatic rings. The first-order valence-electron chi connectivity index (χ1n) is 7.64. The minimum atomic E-state index is 0.521. The molecular weight excluding hydrogens is 224 g/mol. The average molecular weight is 254 g/mol. The molecule has 0 aromatic carbocycles. The van der Waals surface area contributed by atoms with E-state index in [1.165, 1.54) is 44.9 Å². The van der Waals surface area contributed by atoms with E-state index in [1.54, 1.807) is 6.42 Å². The van der Waals surface area contributed by atoms with E-state index in [2.05, 4.69) is 33.4 Å². The molecule has 1 heteroatoms. The van der Waals surface area contributed by atoms with Crippen molar-refractivity contribution >= 4 is 12.6 Å². The lowest BCUT2D eigenvalue weighted by Crippen LogP contribution is -2.45. The third-order valence-electron chi connectivity index (χ3n) is 5.57. The van der Waals surface area contributed by atoms with Crippen molar-refractivity contribution in [2.45, 2.75) is 72.1 Å². The molecule has 2 fully saturated rings. The molecule has 100 valence electrons. The van der Waals surface area contributed by atoms with Crippen LogP contribution < -0.4 is 0 Å². The van der Waals surface area contributed by atoms with Gasteiger partial charge in [-0.2, -0.15) is 12.6 Å². The van der Waals surface area contributed by atoms with Gasteiger partial charge in [0.15, 0.2) is 0 Å². The Labute approximate surface area is 113 Å². The summed E-state index contributed by atoms with van der Waals surface area (Å²) in [4.78, 5) is 0. The Bertz CT molecular complexity index is 258. The van der Waals surface area contributed by atoms with E-state index >= 15 is 0 Å². The Balaban J connectivity index is 1.90. The molecule has 0 bridgehead atoms. The van der Waals surface area contributed by atoms with Crippen LogP contribution in [0.3, 0.4) is 0 Å². The van der Waals surface area contributed by atoms with Crippen molar-refractivity contribution < 1.29 is 0 Å². The Morgan fingerprint density at radius 1 is 1.35 bits per heavy atom. The van der Waals surface area contributed by atoms with E-state index in [4.69, 9.17) is 0 Å². The Morgan fingerprint density at radius 3 is 2.76 bits per heavy atom. The van der Waals surface area contributed by atoms with Crippen LogP contribution in [0.2, 0.25) is 0 Å². The lowest BCUT2D eigenvalue weighted by molar-refractivity contribution is -0.0447. The fraction of sp³-hybridized carbons (Fsp3) is 1.00. The summed E-state index contributed by atoms with van der Waals surface area (Å²) in [7, 11) is 0. The van der Waals surface area contributed by atoms with Crippen molar-refractivity contribution in [2.75, 3.05) is 5.75 Å². The summed E-state index contributed by atoms with van der Waals surface area (Å²) in [6.45, 7) is 7.25. The molecule has 2 aliphatic carbocycles. The third-order valence-corrected chi connectivity index (χ3v) is 5.79. The molecule has 0 aromatic rings. The smallest absolute Gasteiger partial charge is 0.00928 e. The molecule has 0 N–H and O–H groups in total. The van der Waals surface area contributed by atoms with Crippen molar-refractivity contribution in [3.63, 3.8) is 0 Å². The van der Waals surface area contributed by atoms with Crippen LogP contribution >= 0.6 is 12.6 Å². The van der Waals surface area contributed by atoms with Crippen LogP contribution in [0.15, 0.2) is 0 Å². The van der Waals surface area contributed by atoms with E-state index in [1.807, 2.05) is 0 Å². The van der Waals surface area contributed by atoms with Crippen LogP contribution in [0.4, 0.5) is 0 Å². The van der Waals surface area contributed by atoms with Gasteiger partial charge < -0.3 is 0 Å². The summed E-state index contributed by atoms with van der Waals surface area (Å²) in [5.74, 6) is 3.17. The largest absolute Gasteiger partial charge is 0.179 e. The van der Waals surface area contributed by atoms with E-state index in [9.17, 15) is 0 Å². The fourth-order valence-corrected chi connectivity index (χ4v) is 5.50. The maximum atomic E-state index is 4.41. The van der Waals surface area contributed by atoms with E-state index in [0.29, 0.717) is 5.41 Å². The molecule has 0 heterocycles. The highest BCUT2D eigenvalue weighted by atomic mass is 32.1. The molecule has 0 amide bonds. The van der Waals surface area contributed by atoms with Crippen LogP contribution in [0.25, 0.3) is 0 Å². The zero-order chi connectivity index (χ0) is 12.5. The van der Waals surface area contributed by atoms with Crippen LogP contribution in [0.1, 0.15) is 72.1 Å². The number of thiol groups is 1. The summed E-state index contributed by atoms with van der Waals surface area (Å²) < 4.78 is 0. The maximum Gasteiger partial charge on any atom is -0.00928 e. The van der Waals surface area contributed by atoms with Gasteiger partial charge in [-0.05, 0) is 66.9 Å². The zero-order valence-electron chi connectivity index (χ0n) is 12.0. The van der Waals surface area contributed by atoms with Gasteiger partial charge in [0.25, 0.3) is 0 Å². The third kappa shape index (κ3) is 2.69. The lowest BCUT2D eigenvalue weighted by Gasteiger charge is -2.54. The average Bonchev–Trinajstić information content (AvgIpc) is 2.53. The molecule has 0 aromatic heterocycles. The number of rotatable bonds is 6. The quantitative estimate of drug-likeness (QED) is 0.609. The first-order valence-corrected chi connectivity index (χ1v) is 8.27. The van der Waals surface area contributed by atoms with Crippen LogP contribution in [0.5, 0.6) is 0 Å². The van der Waals surface area contributed by atoms with Crippen LogP contribution in [-0.2, 0) is 0 Å². The SMILES string of the molecule is CCCC12CCCC1C(CC(C)(C)CCS)C2. The predicted octanol–water partition coefficient (Wildman–Crippen LogP) is 5.33. The molecule has 0 saturated heterocycles. The highest BCUT2D eigenvalue weighted by Gasteiger charge is 2.55. The Hall–Kier alpha value is 0.350. The molecule has 3 atom stereocenters. The molecule has 0 radical (unpaired) electrons. The molecule has 0 spiro atoms. The van der Waals surface area contributed by atoms with Gasteiger partial charge in [0, 0.05) is 0 Å². The van der Waals surface area contributed by atoms with Gasteiger partial charge >= 0.3 is 0 Å². The lowest BCUT2D eigenvalue weighted by atomic mass is 9.51. The number of fused-ring (bicyclic) bond motifs is 1. The first-order chi connectivity index (χ1) is 8.03. The molecule has 17 heavy (non-hydrogen) atoms. The molecule has 2 rings (SSSR count). The second-order valence-corrected chi connectivity index (χ2v) is 7.86. The second kappa shape index (κ2) is 5.15. The molecular formula is C16H30S. The molecule has 0 aliphatic heterocycles. The summed E-state index contributed by atoms with van der Waals surface area (Å²) in [5.41, 5.74) is 1.32. The molecule has 0 nitrogen and oxygen atoms in total. The fourth-order valence-electron chi connectivity index (χ4n) is 4.90. The van der Waals surface area contributed by atoms with Gasteiger partial charge in [0.05, 0.1) is 0 Å². The molecule has 2 saturated carbocycles. The standard InChI is InChI=1S/C16H30S/c1-4-7-16-8-5-6-14(16)13(12-16)11-15(2,3)9-10-17/h13-14,17H,4-12H2,1-3H3. The minimum Gasteiger partial charge on any atom is -0.179 e. The van der Waals surface area contributed by atoms with Gasteiger partial charge in [-0.3, -0.25) is 0 Å². The summed E-state index contributed by atoms with van der Waals surface area (Å²) in [6, 6.07) is 0. The Kier molecular flexibility index (Phi) is 4.17. The monoisotopic (exact) mass is 254 g/mol. The van der Waals surface area contributed by atoms with Crippen LogP contribution in [0, 0.1) is 22.7 Å². The highest BCUT2D eigenvalue weighted by molar-refractivity contribution is 7.80. The van der Waals surface area contributed by atoms with E-state index in [-0.39, 0.29) is 0 Å². The summed E-state index contributed by atoms with van der Waals surface area (Å²) in [5, 5.41) is 0. The highest BCUT2D eigenvalue weighted by Crippen LogP contribution is 2.65. The topological polar surface area (TPSA) is 0 Å². The van der Waals surface area contributed by atoms with Crippen LogP contribution in [-0.4, -0.2) is 5.75 Å². The van der Waals surface area contributed by atoms with Crippen molar-refractivity contribution in [2.24, 2.45) is 22.7 Å². The second-order valence-electron chi connectivity index (χ2n) is 7.42. The van der Waals surface area contributed by atoms with Crippen molar-refractivity contribution in [3.8, 4) is 0 Å². The zero-order valence-corrected chi connectivity index (χ0v) is 12.9. The van der Waals surface area contributed by atoms with Crippen molar-refractivity contribution in [1.82, 2.24) is 0 Å². The van der Waals surface area contributed by atoms with E-state index < -0.39 is 0 Å². The minimum absolute atomic E-state index is 0.521. The van der Waals surface area contributed by atoms with Gasteiger partial charge in [0.2, 0.25) is 0 Å². The van der Waals surface area contributed by atoms with Gasteiger partial charge in [-0.25, -0.2) is 0 Å². The van der Waals surface area contributed by atoms with Crippen molar-refractivity contribution in [3.05, 3.63) is 0 Å². The van der Waals surface area contributed by atoms with E-state index in [0.717, 1.165) is 23.0 Å². The summed E-state index contributed by atoms with van der Waals surface area (Å²) in [6.07, 6.45) is 11.7. The molecule has 3 unspecified atom stereocenters. The maximum absolute atomic E-state index is 4.41.